The zero-order valence-electron chi connectivity index (χ0n) is 15.3. The molecule has 0 saturated carbocycles. The molecule has 0 bridgehead atoms. The van der Waals surface area contributed by atoms with Crippen LogP contribution < -0.4 is 5.32 Å². The predicted molar refractivity (Wildman–Crippen MR) is 98.9 cm³/mol. The van der Waals surface area contributed by atoms with Crippen LogP contribution in [0, 0.1) is 24.7 Å². The van der Waals surface area contributed by atoms with E-state index in [2.05, 4.69) is 48.3 Å². The lowest BCUT2D eigenvalue weighted by atomic mass is 9.79. The molecule has 1 aromatic carbocycles. The van der Waals surface area contributed by atoms with Crippen molar-refractivity contribution >= 4 is 5.91 Å². The van der Waals surface area contributed by atoms with E-state index in [0.717, 1.165) is 31.3 Å². The summed E-state index contributed by atoms with van der Waals surface area (Å²) >= 11 is 0. The monoisotopic (exact) mass is 328 g/mol. The van der Waals surface area contributed by atoms with Gasteiger partial charge < -0.3 is 10.2 Å². The number of carbonyl (C=O) groups is 1. The molecule has 3 nitrogen and oxygen atoms in total. The Labute approximate surface area is 146 Å². The Kier molecular flexibility index (Phi) is 5.94. The van der Waals surface area contributed by atoms with Gasteiger partial charge in [0, 0.05) is 19.0 Å². The van der Waals surface area contributed by atoms with Crippen LogP contribution in [0.5, 0.6) is 0 Å². The number of hydrogen-bond acceptors (Lipinski definition) is 2. The molecule has 2 aliphatic heterocycles. The first-order valence-electron chi connectivity index (χ1n) is 9.68. The second-order valence-electron chi connectivity index (χ2n) is 7.84. The molecule has 24 heavy (non-hydrogen) atoms. The third kappa shape index (κ3) is 4.38. The molecule has 0 unspecified atom stereocenters. The van der Waals surface area contributed by atoms with Crippen LogP contribution in [0.1, 0.15) is 43.7 Å². The molecule has 0 radical (unpaired) electrons. The minimum Gasteiger partial charge on any atom is -0.342 e. The average Bonchev–Trinajstić information content (AvgIpc) is 2.62. The van der Waals surface area contributed by atoms with E-state index in [1.165, 1.54) is 49.9 Å². The van der Waals surface area contributed by atoms with Crippen molar-refractivity contribution in [3.05, 3.63) is 35.4 Å². The van der Waals surface area contributed by atoms with Crippen molar-refractivity contribution in [2.45, 2.75) is 46.0 Å². The summed E-state index contributed by atoms with van der Waals surface area (Å²) < 4.78 is 0. The van der Waals surface area contributed by atoms with Crippen molar-refractivity contribution in [3.63, 3.8) is 0 Å². The number of nitrogens with one attached hydrogen (secondary N) is 1. The van der Waals surface area contributed by atoms with Gasteiger partial charge >= 0.3 is 0 Å². The Morgan fingerprint density at radius 3 is 2.50 bits per heavy atom. The van der Waals surface area contributed by atoms with Crippen molar-refractivity contribution in [2.75, 3.05) is 26.2 Å². The summed E-state index contributed by atoms with van der Waals surface area (Å²) in [7, 11) is 0. The van der Waals surface area contributed by atoms with Gasteiger partial charge in [-0.1, -0.05) is 36.8 Å². The number of likely N-dealkylation sites (tertiary alicyclic amines) is 1. The summed E-state index contributed by atoms with van der Waals surface area (Å²) in [6.45, 7) is 8.48. The standard InChI is InChI=1S/C21H32N2O/c1-16-4-3-5-18(14-16)15-17(2)21(24)23-12-8-20(9-13-23)19-6-10-22-11-7-19/h3-5,14,17,19-20,22H,6-13,15H2,1-2H3/t17-/m1/s1. The molecule has 1 N–H and O–H groups in total. The fraction of sp³-hybridized carbons (Fsp3) is 0.667. The molecule has 2 fully saturated rings. The molecule has 2 heterocycles. The van der Waals surface area contributed by atoms with E-state index in [0.29, 0.717) is 5.91 Å². The normalized spacial score (nSPS) is 21.7. The number of aryl methyl sites for hydroxylation is 1. The molecule has 3 rings (SSSR count). The maximum atomic E-state index is 12.8. The highest BCUT2D eigenvalue weighted by Gasteiger charge is 2.30. The molecule has 2 saturated heterocycles. The first-order chi connectivity index (χ1) is 11.6. The Morgan fingerprint density at radius 1 is 1.17 bits per heavy atom. The Morgan fingerprint density at radius 2 is 1.83 bits per heavy atom. The van der Waals surface area contributed by atoms with Crippen LogP contribution in [0.15, 0.2) is 24.3 Å². The number of nitrogens with zero attached hydrogens (tertiary/aromatic N) is 1. The molecule has 132 valence electrons. The SMILES string of the molecule is Cc1cccc(C[C@@H](C)C(=O)N2CCC(C3CCNCC3)CC2)c1. The van der Waals surface area contributed by atoms with Crippen molar-refractivity contribution in [3.8, 4) is 0 Å². The van der Waals surface area contributed by atoms with Gasteiger partial charge in [-0.05, 0) is 69.5 Å². The second kappa shape index (κ2) is 8.15. The maximum absolute atomic E-state index is 12.8. The summed E-state index contributed by atoms with van der Waals surface area (Å²) in [6, 6.07) is 8.54. The largest absolute Gasteiger partial charge is 0.342 e. The van der Waals surface area contributed by atoms with Crippen molar-refractivity contribution in [2.24, 2.45) is 17.8 Å². The quantitative estimate of drug-likeness (QED) is 0.918. The zero-order valence-corrected chi connectivity index (χ0v) is 15.3. The Hall–Kier alpha value is -1.35. The molecule has 0 aliphatic carbocycles. The van der Waals surface area contributed by atoms with Gasteiger partial charge in [-0.15, -0.1) is 0 Å². The molecule has 2 aliphatic rings. The summed E-state index contributed by atoms with van der Waals surface area (Å²) in [5.74, 6) is 2.15. The van der Waals surface area contributed by atoms with Crippen LogP contribution in [-0.4, -0.2) is 37.0 Å². The third-order valence-corrected chi connectivity index (χ3v) is 5.95. The lowest BCUT2D eigenvalue weighted by Gasteiger charge is -2.38. The molecular weight excluding hydrogens is 296 g/mol. The summed E-state index contributed by atoms with van der Waals surface area (Å²) in [5.41, 5.74) is 2.55. The van der Waals surface area contributed by atoms with E-state index in [-0.39, 0.29) is 5.92 Å². The number of rotatable bonds is 4. The smallest absolute Gasteiger partial charge is 0.225 e. The Bertz CT molecular complexity index is 543. The van der Waals surface area contributed by atoms with Gasteiger partial charge in [-0.3, -0.25) is 4.79 Å². The van der Waals surface area contributed by atoms with Crippen LogP contribution in [-0.2, 0) is 11.2 Å². The average molecular weight is 329 g/mol. The van der Waals surface area contributed by atoms with Gasteiger partial charge in [0.25, 0.3) is 0 Å². The topological polar surface area (TPSA) is 32.3 Å². The van der Waals surface area contributed by atoms with E-state index in [4.69, 9.17) is 0 Å². The van der Waals surface area contributed by atoms with E-state index in [9.17, 15) is 4.79 Å². The van der Waals surface area contributed by atoms with Crippen LogP contribution >= 0.6 is 0 Å². The summed E-state index contributed by atoms with van der Waals surface area (Å²) in [6.07, 6.45) is 5.90. The highest BCUT2D eigenvalue weighted by molar-refractivity contribution is 5.78. The lowest BCUT2D eigenvalue weighted by Crippen LogP contribution is -2.44. The van der Waals surface area contributed by atoms with E-state index >= 15 is 0 Å². The lowest BCUT2D eigenvalue weighted by molar-refractivity contribution is -0.136. The molecule has 1 atom stereocenters. The maximum Gasteiger partial charge on any atom is 0.225 e. The van der Waals surface area contributed by atoms with E-state index in [1.807, 2.05) is 0 Å². The fourth-order valence-corrected chi connectivity index (χ4v) is 4.50. The number of amides is 1. The molecule has 1 aromatic rings. The second-order valence-corrected chi connectivity index (χ2v) is 7.84. The van der Waals surface area contributed by atoms with Gasteiger partial charge in [0.1, 0.15) is 0 Å². The van der Waals surface area contributed by atoms with Crippen molar-refractivity contribution in [1.82, 2.24) is 10.2 Å². The number of carbonyl (C=O) groups excluding carboxylic acids is 1. The first kappa shape index (κ1) is 17.5. The zero-order chi connectivity index (χ0) is 16.9. The van der Waals surface area contributed by atoms with Crippen LogP contribution in [0.4, 0.5) is 0 Å². The molecule has 0 spiro atoms. The molecule has 1 amide bonds. The molecule has 3 heteroatoms. The molecule has 0 aromatic heterocycles. The van der Waals surface area contributed by atoms with Gasteiger partial charge in [0.2, 0.25) is 5.91 Å². The van der Waals surface area contributed by atoms with Crippen molar-refractivity contribution in [1.29, 1.82) is 0 Å². The summed E-state index contributed by atoms with van der Waals surface area (Å²) in [4.78, 5) is 14.9. The number of benzene rings is 1. The van der Waals surface area contributed by atoms with Crippen LogP contribution in [0.3, 0.4) is 0 Å². The summed E-state index contributed by atoms with van der Waals surface area (Å²) in [5, 5.41) is 3.46. The van der Waals surface area contributed by atoms with Gasteiger partial charge in [-0.25, -0.2) is 0 Å². The van der Waals surface area contributed by atoms with Gasteiger partial charge in [0.05, 0.1) is 0 Å². The first-order valence-corrected chi connectivity index (χ1v) is 9.68. The van der Waals surface area contributed by atoms with Crippen LogP contribution in [0.25, 0.3) is 0 Å². The number of piperidine rings is 2. The molecular formula is C21H32N2O. The highest BCUT2D eigenvalue weighted by Crippen LogP contribution is 2.31. The fourth-order valence-electron chi connectivity index (χ4n) is 4.50. The third-order valence-electron chi connectivity index (χ3n) is 5.95. The predicted octanol–water partition coefficient (Wildman–Crippen LogP) is 3.41. The number of hydrogen-bond donors (Lipinski definition) is 1. The van der Waals surface area contributed by atoms with Crippen molar-refractivity contribution < 1.29 is 4.79 Å². The minimum absolute atomic E-state index is 0.0854. The minimum atomic E-state index is 0.0854. The Balaban J connectivity index is 1.49. The van der Waals surface area contributed by atoms with Crippen LogP contribution in [0.2, 0.25) is 0 Å². The van der Waals surface area contributed by atoms with E-state index in [1.54, 1.807) is 0 Å². The van der Waals surface area contributed by atoms with E-state index < -0.39 is 0 Å². The van der Waals surface area contributed by atoms with Gasteiger partial charge in [0.15, 0.2) is 0 Å². The van der Waals surface area contributed by atoms with Gasteiger partial charge in [-0.2, -0.15) is 0 Å². The highest BCUT2D eigenvalue weighted by atomic mass is 16.2.